The SMILES string of the molecule is CCCCCCC/C=C\CCCCCCCC(=O)OC(COC(=O)CCCCCCCCC)COC(=O)CCCCCCCCCCCCCCCCCCCCCCCCCCCCCCCCCCC. The van der Waals surface area contributed by atoms with Gasteiger partial charge in [0.25, 0.3) is 0 Å². The van der Waals surface area contributed by atoms with Gasteiger partial charge in [-0.15, -0.1) is 0 Å². The molecule has 0 N–H and O–H groups in total. The summed E-state index contributed by atoms with van der Waals surface area (Å²) < 4.78 is 16.8. The summed E-state index contributed by atoms with van der Waals surface area (Å²) in [4.78, 5) is 38.0. The summed E-state index contributed by atoms with van der Waals surface area (Å²) in [6, 6.07) is 0. The molecule has 6 nitrogen and oxygen atoms in total. The number of hydrogen-bond donors (Lipinski definition) is 0. The van der Waals surface area contributed by atoms with E-state index in [1.165, 1.54) is 270 Å². The summed E-state index contributed by atoms with van der Waals surface area (Å²) >= 11 is 0. The Bertz CT molecular complexity index is 1120. The molecule has 0 aliphatic carbocycles. The van der Waals surface area contributed by atoms with Gasteiger partial charge in [-0.25, -0.2) is 0 Å². The molecule has 0 aromatic heterocycles. The van der Waals surface area contributed by atoms with Crippen molar-refractivity contribution < 1.29 is 28.6 Å². The van der Waals surface area contributed by atoms with Crippen LogP contribution in [0.4, 0.5) is 0 Å². The molecule has 0 aromatic rings. The Morgan fingerprint density at radius 1 is 0.264 bits per heavy atom. The first-order chi connectivity index (χ1) is 35.5. The maximum Gasteiger partial charge on any atom is 0.306 e. The first kappa shape index (κ1) is 70.1. The largest absolute Gasteiger partial charge is 0.462 e. The molecule has 1 atom stereocenters. The van der Waals surface area contributed by atoms with Crippen molar-refractivity contribution in [3.8, 4) is 0 Å². The predicted octanol–water partition coefficient (Wildman–Crippen LogP) is 22.1. The van der Waals surface area contributed by atoms with Crippen LogP contribution in [0.3, 0.4) is 0 Å². The van der Waals surface area contributed by atoms with Crippen LogP contribution in [0.5, 0.6) is 0 Å². The second-order valence-corrected chi connectivity index (χ2v) is 22.4. The summed E-state index contributed by atoms with van der Waals surface area (Å²) in [5.41, 5.74) is 0. The molecule has 0 radical (unpaired) electrons. The Kier molecular flexibility index (Phi) is 60.1. The fraction of sp³-hybridized carbons (Fsp3) is 0.924. The van der Waals surface area contributed by atoms with E-state index in [0.717, 1.165) is 64.2 Å². The van der Waals surface area contributed by atoms with E-state index in [2.05, 4.69) is 32.9 Å². The highest BCUT2D eigenvalue weighted by molar-refractivity contribution is 5.71. The van der Waals surface area contributed by atoms with Gasteiger partial charge in [-0.05, 0) is 44.9 Å². The number of ether oxygens (including phenoxy) is 3. The van der Waals surface area contributed by atoms with E-state index >= 15 is 0 Å². The van der Waals surface area contributed by atoms with E-state index in [1.807, 2.05) is 0 Å². The maximum atomic E-state index is 12.8. The van der Waals surface area contributed by atoms with Gasteiger partial charge in [-0.2, -0.15) is 0 Å². The zero-order valence-corrected chi connectivity index (χ0v) is 49.0. The van der Waals surface area contributed by atoms with Crippen LogP contribution < -0.4 is 0 Å². The molecule has 0 aromatic carbocycles. The minimum absolute atomic E-state index is 0.0683. The highest BCUT2D eigenvalue weighted by Crippen LogP contribution is 2.18. The van der Waals surface area contributed by atoms with Gasteiger partial charge in [-0.1, -0.05) is 322 Å². The van der Waals surface area contributed by atoms with Gasteiger partial charge >= 0.3 is 17.9 Å². The van der Waals surface area contributed by atoms with Crippen LogP contribution in [0.2, 0.25) is 0 Å². The molecule has 1 unspecified atom stereocenters. The third-order valence-electron chi connectivity index (χ3n) is 15.0. The number of allylic oxidation sites excluding steroid dienone is 2. The van der Waals surface area contributed by atoms with Crippen LogP contribution in [-0.4, -0.2) is 37.2 Å². The van der Waals surface area contributed by atoms with Gasteiger partial charge in [0.15, 0.2) is 6.10 Å². The van der Waals surface area contributed by atoms with Crippen LogP contribution in [0.1, 0.15) is 374 Å². The van der Waals surface area contributed by atoms with Crippen molar-refractivity contribution in [2.75, 3.05) is 13.2 Å². The van der Waals surface area contributed by atoms with Crippen LogP contribution in [0.15, 0.2) is 12.2 Å². The molecule has 426 valence electrons. The number of carbonyl (C=O) groups is 3. The van der Waals surface area contributed by atoms with Crippen molar-refractivity contribution in [3.05, 3.63) is 12.2 Å². The van der Waals surface area contributed by atoms with Gasteiger partial charge in [0.2, 0.25) is 0 Å². The number of hydrogen-bond acceptors (Lipinski definition) is 6. The Morgan fingerprint density at radius 2 is 0.458 bits per heavy atom. The molecule has 0 aliphatic heterocycles. The van der Waals surface area contributed by atoms with Crippen molar-refractivity contribution in [2.24, 2.45) is 0 Å². The molecule has 6 heteroatoms. The third-order valence-corrected chi connectivity index (χ3v) is 15.0. The maximum absolute atomic E-state index is 12.8. The molecule has 0 fully saturated rings. The molecule has 72 heavy (non-hydrogen) atoms. The molecule has 0 aliphatic rings. The fourth-order valence-electron chi connectivity index (χ4n) is 10.1. The van der Waals surface area contributed by atoms with E-state index in [-0.39, 0.29) is 31.1 Å². The molecular formula is C66H126O6. The number of rotatable bonds is 61. The summed E-state index contributed by atoms with van der Waals surface area (Å²) in [5.74, 6) is -0.861. The number of unbranched alkanes of at least 4 members (excludes halogenated alkanes) is 48. The molecule has 0 heterocycles. The Hall–Kier alpha value is -1.85. The summed E-state index contributed by atoms with van der Waals surface area (Å²) in [7, 11) is 0. The highest BCUT2D eigenvalue weighted by atomic mass is 16.6. The van der Waals surface area contributed by atoms with Gasteiger partial charge in [0.05, 0.1) is 0 Å². The minimum atomic E-state index is -0.768. The van der Waals surface area contributed by atoms with Gasteiger partial charge in [-0.3, -0.25) is 14.4 Å². The number of esters is 3. The smallest absolute Gasteiger partial charge is 0.306 e. The van der Waals surface area contributed by atoms with Crippen LogP contribution in [0, 0.1) is 0 Å². The molecule has 0 rings (SSSR count). The zero-order valence-electron chi connectivity index (χ0n) is 49.0. The average molecular weight is 1020 g/mol. The van der Waals surface area contributed by atoms with E-state index < -0.39 is 6.10 Å². The second-order valence-electron chi connectivity index (χ2n) is 22.4. The standard InChI is InChI=1S/C66H126O6/c1-4-7-10-13-16-18-20-22-24-25-26-27-28-29-30-31-32-33-34-35-36-37-38-39-40-41-42-44-45-47-50-53-56-59-65(68)71-62-63(61-70-64(67)58-55-52-49-15-12-9-6-3)72-66(69)60-57-54-51-48-46-43-23-21-19-17-14-11-8-5-2/h21,23,63H,4-20,22,24-62H2,1-3H3/b23-21-. The van der Waals surface area contributed by atoms with Gasteiger partial charge in [0, 0.05) is 19.3 Å². The lowest BCUT2D eigenvalue weighted by Crippen LogP contribution is -2.30. The lowest BCUT2D eigenvalue weighted by atomic mass is 10.0. The predicted molar refractivity (Wildman–Crippen MR) is 312 cm³/mol. The Labute approximate surface area is 450 Å². The first-order valence-electron chi connectivity index (χ1n) is 32.7. The average Bonchev–Trinajstić information content (AvgIpc) is 3.38. The van der Waals surface area contributed by atoms with E-state index in [9.17, 15) is 14.4 Å². The summed E-state index contributed by atoms with van der Waals surface area (Å²) in [6.45, 7) is 6.64. The molecule has 0 bridgehead atoms. The van der Waals surface area contributed by atoms with Crippen molar-refractivity contribution >= 4 is 17.9 Å². The first-order valence-corrected chi connectivity index (χ1v) is 32.7. The van der Waals surface area contributed by atoms with Crippen LogP contribution in [-0.2, 0) is 28.6 Å². The molecule has 0 spiro atoms. The lowest BCUT2D eigenvalue weighted by Gasteiger charge is -2.18. The summed E-state index contributed by atoms with van der Waals surface area (Å²) in [6.07, 6.45) is 72.8. The monoisotopic (exact) mass is 1010 g/mol. The topological polar surface area (TPSA) is 78.9 Å². The fourth-order valence-corrected chi connectivity index (χ4v) is 10.1. The van der Waals surface area contributed by atoms with Crippen LogP contribution in [0.25, 0.3) is 0 Å². The second kappa shape index (κ2) is 61.7. The molecular weight excluding hydrogens is 889 g/mol. The van der Waals surface area contributed by atoms with Crippen molar-refractivity contribution in [2.45, 2.75) is 380 Å². The quantitative estimate of drug-likeness (QED) is 0.0261. The molecule has 0 amide bonds. The Balaban J connectivity index is 3.90. The zero-order chi connectivity index (χ0) is 52.2. The highest BCUT2D eigenvalue weighted by Gasteiger charge is 2.19. The van der Waals surface area contributed by atoms with Crippen molar-refractivity contribution in [3.63, 3.8) is 0 Å². The van der Waals surface area contributed by atoms with E-state index in [4.69, 9.17) is 14.2 Å². The number of carbonyl (C=O) groups excluding carboxylic acids is 3. The van der Waals surface area contributed by atoms with E-state index in [1.54, 1.807) is 0 Å². The molecule has 0 saturated heterocycles. The van der Waals surface area contributed by atoms with Gasteiger partial charge in [0.1, 0.15) is 13.2 Å². The van der Waals surface area contributed by atoms with Crippen molar-refractivity contribution in [1.29, 1.82) is 0 Å². The third kappa shape index (κ3) is 59.0. The normalized spacial score (nSPS) is 12.0. The summed E-state index contributed by atoms with van der Waals surface area (Å²) in [5, 5.41) is 0. The molecule has 0 saturated carbocycles. The van der Waals surface area contributed by atoms with Gasteiger partial charge < -0.3 is 14.2 Å². The van der Waals surface area contributed by atoms with E-state index in [0.29, 0.717) is 19.3 Å². The lowest BCUT2D eigenvalue weighted by molar-refractivity contribution is -0.167. The Morgan fingerprint density at radius 3 is 0.694 bits per heavy atom. The minimum Gasteiger partial charge on any atom is -0.462 e. The van der Waals surface area contributed by atoms with Crippen LogP contribution >= 0.6 is 0 Å². The van der Waals surface area contributed by atoms with Crippen molar-refractivity contribution in [1.82, 2.24) is 0 Å².